The van der Waals surface area contributed by atoms with E-state index in [1.807, 2.05) is 0 Å². The van der Waals surface area contributed by atoms with E-state index in [4.69, 9.17) is 23.2 Å². The number of methoxy groups -OCH3 is 1. The van der Waals surface area contributed by atoms with Gasteiger partial charge in [0.25, 0.3) is 0 Å². The van der Waals surface area contributed by atoms with E-state index in [0.29, 0.717) is 18.7 Å². The zero-order valence-corrected chi connectivity index (χ0v) is 9.77. The lowest BCUT2D eigenvalue weighted by atomic mass is 10.5. The summed E-state index contributed by atoms with van der Waals surface area (Å²) in [6, 6.07) is 0. The maximum absolute atomic E-state index is 11.0. The predicted octanol–water partition coefficient (Wildman–Crippen LogP) is 3.60. The van der Waals surface area contributed by atoms with Crippen LogP contribution >= 0.6 is 50.5 Å². The summed E-state index contributed by atoms with van der Waals surface area (Å²) in [7, 11) is 1.29. The van der Waals surface area contributed by atoms with Crippen molar-refractivity contribution in [3.63, 3.8) is 0 Å². The zero-order chi connectivity index (χ0) is 9.30. The van der Waals surface area contributed by atoms with Crippen LogP contribution < -0.4 is 0 Å². The van der Waals surface area contributed by atoms with Gasteiger partial charge in [-0.15, -0.1) is 11.3 Å². The van der Waals surface area contributed by atoms with Gasteiger partial charge in [-0.2, -0.15) is 0 Å². The minimum Gasteiger partial charge on any atom is -0.465 e. The summed E-state index contributed by atoms with van der Waals surface area (Å²) < 4.78 is 5.48. The quantitative estimate of drug-likeness (QED) is 0.739. The summed E-state index contributed by atoms with van der Waals surface area (Å²) in [5.41, 5.74) is 0. The third-order valence-corrected chi connectivity index (χ3v) is 4.51. The molecule has 0 aromatic carbocycles. The molecule has 0 unspecified atom stereocenters. The van der Waals surface area contributed by atoms with Gasteiger partial charge in [-0.3, -0.25) is 0 Å². The van der Waals surface area contributed by atoms with E-state index in [2.05, 4.69) is 20.7 Å². The molecule has 0 amide bonds. The Labute approximate surface area is 91.6 Å². The first-order valence-corrected chi connectivity index (χ1v) is 5.16. The van der Waals surface area contributed by atoms with Gasteiger partial charge in [-0.05, 0) is 15.9 Å². The highest BCUT2D eigenvalue weighted by Crippen LogP contribution is 2.40. The number of ether oxygens (including phenoxy) is 1. The topological polar surface area (TPSA) is 26.3 Å². The maximum atomic E-state index is 11.0. The van der Waals surface area contributed by atoms with Crippen molar-refractivity contribution in [3.05, 3.63) is 18.7 Å². The van der Waals surface area contributed by atoms with E-state index in [1.54, 1.807) is 0 Å². The second-order valence-corrected chi connectivity index (χ2v) is 4.62. The molecule has 0 spiro atoms. The van der Waals surface area contributed by atoms with Gasteiger partial charge >= 0.3 is 5.97 Å². The monoisotopic (exact) mass is 288 g/mol. The van der Waals surface area contributed by atoms with E-state index in [0.717, 1.165) is 11.3 Å². The highest BCUT2D eigenvalue weighted by Gasteiger charge is 2.19. The summed E-state index contributed by atoms with van der Waals surface area (Å²) in [5, 5.41) is 0.303. The Balaban J connectivity index is 3.17. The van der Waals surface area contributed by atoms with Gasteiger partial charge in [0.15, 0.2) is 0 Å². The fourth-order valence-electron chi connectivity index (χ4n) is 0.589. The first-order chi connectivity index (χ1) is 5.57. The highest BCUT2D eigenvalue weighted by molar-refractivity contribution is 9.10. The molecule has 2 nitrogen and oxygen atoms in total. The second-order valence-electron chi connectivity index (χ2n) is 1.82. The van der Waals surface area contributed by atoms with E-state index in [1.165, 1.54) is 7.11 Å². The van der Waals surface area contributed by atoms with Crippen molar-refractivity contribution in [2.24, 2.45) is 0 Å². The lowest BCUT2D eigenvalue weighted by Crippen LogP contribution is -1.97. The molecule has 0 aliphatic carbocycles. The molecule has 1 rings (SSSR count). The van der Waals surface area contributed by atoms with Gasteiger partial charge < -0.3 is 4.74 Å². The third-order valence-electron chi connectivity index (χ3n) is 1.13. The number of esters is 1. The van der Waals surface area contributed by atoms with E-state index in [9.17, 15) is 4.79 Å². The largest absolute Gasteiger partial charge is 0.465 e. The Kier molecular flexibility index (Phi) is 3.40. The first-order valence-electron chi connectivity index (χ1n) is 2.79. The average Bonchev–Trinajstić information content (AvgIpc) is 2.32. The van der Waals surface area contributed by atoms with Crippen molar-refractivity contribution in [3.8, 4) is 0 Å². The Morgan fingerprint density at radius 2 is 2.17 bits per heavy atom. The Morgan fingerprint density at radius 1 is 1.58 bits per heavy atom. The summed E-state index contributed by atoms with van der Waals surface area (Å²) in [6.45, 7) is 0. The highest BCUT2D eigenvalue weighted by atomic mass is 79.9. The first kappa shape index (κ1) is 10.3. The number of halogens is 3. The van der Waals surface area contributed by atoms with Crippen molar-refractivity contribution in [2.75, 3.05) is 7.11 Å². The third kappa shape index (κ3) is 1.76. The molecule has 0 radical (unpaired) electrons. The number of carbonyl (C=O) groups is 1. The normalized spacial score (nSPS) is 10.0. The predicted molar refractivity (Wildman–Crippen MR) is 53.4 cm³/mol. The van der Waals surface area contributed by atoms with Crippen LogP contribution in [-0.2, 0) is 4.74 Å². The van der Waals surface area contributed by atoms with Crippen LogP contribution in [0.25, 0.3) is 0 Å². The molecule has 0 fully saturated rings. The Bertz CT molecular complexity index is 324. The Hall–Kier alpha value is 0.230. The second kappa shape index (κ2) is 3.96. The molecule has 0 saturated carbocycles. The minimum absolute atomic E-state index is 0.303. The number of hydrogen-bond acceptors (Lipinski definition) is 3. The van der Waals surface area contributed by atoms with Crippen molar-refractivity contribution < 1.29 is 9.53 Å². The fraction of sp³-hybridized carbons (Fsp3) is 0.167. The number of carbonyl (C=O) groups excluding carboxylic acids is 1. The van der Waals surface area contributed by atoms with Gasteiger partial charge in [-0.25, -0.2) is 4.79 Å². The molecule has 0 saturated heterocycles. The Morgan fingerprint density at radius 3 is 2.50 bits per heavy atom. The molecule has 12 heavy (non-hydrogen) atoms. The summed E-state index contributed by atoms with van der Waals surface area (Å²) in [4.78, 5) is 11.3. The van der Waals surface area contributed by atoms with Gasteiger partial charge in [0.1, 0.15) is 9.21 Å². The van der Waals surface area contributed by atoms with Gasteiger partial charge in [0.05, 0.1) is 16.6 Å². The molecule has 1 aromatic rings. The van der Waals surface area contributed by atoms with Gasteiger partial charge in [0, 0.05) is 0 Å². The number of hydrogen-bond donors (Lipinski definition) is 0. The molecular weight excluding hydrogens is 287 g/mol. The maximum Gasteiger partial charge on any atom is 0.349 e. The van der Waals surface area contributed by atoms with E-state index < -0.39 is 5.97 Å². The van der Waals surface area contributed by atoms with Crippen molar-refractivity contribution in [1.29, 1.82) is 0 Å². The molecule has 6 heteroatoms. The van der Waals surface area contributed by atoms with E-state index >= 15 is 0 Å². The molecule has 1 aromatic heterocycles. The number of rotatable bonds is 1. The SMILES string of the molecule is COC(=O)c1sc(Cl)c(Br)c1Cl. The van der Waals surface area contributed by atoms with Crippen LogP contribution in [-0.4, -0.2) is 13.1 Å². The lowest BCUT2D eigenvalue weighted by molar-refractivity contribution is 0.0606. The molecule has 0 aliphatic rings. The summed E-state index contributed by atoms with van der Waals surface area (Å²) in [6.07, 6.45) is 0. The standard InChI is InChI=1S/C6H3BrCl2O2S/c1-11-6(10)4-3(8)2(7)5(9)12-4/h1H3. The van der Waals surface area contributed by atoms with Crippen LogP contribution in [0.3, 0.4) is 0 Å². The molecule has 1 heterocycles. The van der Waals surface area contributed by atoms with Crippen LogP contribution in [0.15, 0.2) is 4.47 Å². The smallest absolute Gasteiger partial charge is 0.349 e. The van der Waals surface area contributed by atoms with Gasteiger partial charge in [0.2, 0.25) is 0 Å². The van der Waals surface area contributed by atoms with Gasteiger partial charge in [-0.1, -0.05) is 23.2 Å². The summed E-state index contributed by atoms with van der Waals surface area (Å²) in [5.74, 6) is -0.474. The molecule has 0 atom stereocenters. The van der Waals surface area contributed by atoms with Crippen molar-refractivity contribution >= 4 is 56.4 Å². The molecule has 0 bridgehead atoms. The van der Waals surface area contributed by atoms with Crippen molar-refractivity contribution in [1.82, 2.24) is 0 Å². The lowest BCUT2D eigenvalue weighted by Gasteiger charge is -1.93. The molecule has 0 aliphatic heterocycles. The van der Waals surface area contributed by atoms with Crippen LogP contribution in [0.5, 0.6) is 0 Å². The fourth-order valence-corrected chi connectivity index (χ4v) is 2.61. The van der Waals surface area contributed by atoms with Crippen LogP contribution in [0, 0.1) is 0 Å². The number of thiophene rings is 1. The van der Waals surface area contributed by atoms with E-state index in [-0.39, 0.29) is 0 Å². The molecule has 66 valence electrons. The molecule has 0 N–H and O–H groups in total. The molecular formula is C6H3BrCl2O2S. The average molecular weight is 290 g/mol. The van der Waals surface area contributed by atoms with Crippen molar-refractivity contribution in [2.45, 2.75) is 0 Å². The zero-order valence-electron chi connectivity index (χ0n) is 5.86. The van der Waals surface area contributed by atoms with Crippen LogP contribution in [0.1, 0.15) is 9.67 Å². The van der Waals surface area contributed by atoms with Crippen LogP contribution in [0.4, 0.5) is 0 Å². The minimum atomic E-state index is -0.474. The van der Waals surface area contributed by atoms with Crippen LogP contribution in [0.2, 0.25) is 9.36 Å². The summed E-state index contributed by atoms with van der Waals surface area (Å²) >= 11 is 15.7.